The fraction of sp³-hybridized carbons (Fsp3) is 0.160. The van der Waals surface area contributed by atoms with E-state index in [0.29, 0.717) is 29.1 Å². The van der Waals surface area contributed by atoms with Crippen molar-refractivity contribution in [2.24, 2.45) is 5.14 Å². The summed E-state index contributed by atoms with van der Waals surface area (Å²) in [5.41, 5.74) is 3.02. The number of ether oxygens (including phenoxy) is 1. The molecule has 0 amide bonds. The van der Waals surface area contributed by atoms with E-state index in [1.807, 2.05) is 24.3 Å². The maximum Gasteiger partial charge on any atom is 0.255 e. The molecule has 0 bridgehead atoms. The minimum Gasteiger partial charge on any atom is -0.497 e. The Kier molecular flexibility index (Phi) is 6.72. The van der Waals surface area contributed by atoms with Gasteiger partial charge < -0.3 is 14.4 Å². The zero-order valence-electron chi connectivity index (χ0n) is 20.4. The van der Waals surface area contributed by atoms with Crippen molar-refractivity contribution in [2.75, 3.05) is 7.11 Å². The van der Waals surface area contributed by atoms with Gasteiger partial charge in [-0.05, 0) is 47.0 Å². The van der Waals surface area contributed by atoms with Gasteiger partial charge in [0.1, 0.15) is 11.9 Å². The van der Waals surface area contributed by atoms with Crippen LogP contribution in [0.3, 0.4) is 0 Å². The van der Waals surface area contributed by atoms with Gasteiger partial charge in [-0.3, -0.25) is 0 Å². The number of aliphatic hydroxyl groups is 1. The largest absolute Gasteiger partial charge is 0.497 e. The number of tetrazole rings is 1. The van der Waals surface area contributed by atoms with Crippen LogP contribution in [0.5, 0.6) is 5.75 Å². The number of nitrogens with zero attached hydrogens (tertiary/aromatic N) is 6. The van der Waals surface area contributed by atoms with E-state index in [1.165, 1.54) is 17.8 Å². The summed E-state index contributed by atoms with van der Waals surface area (Å²) in [6, 6.07) is 19.2. The number of hydrogen-bond donors (Lipinski definition) is 2. The fourth-order valence-corrected chi connectivity index (χ4v) is 4.62. The summed E-state index contributed by atoms with van der Waals surface area (Å²) >= 11 is 0. The second kappa shape index (κ2) is 10.1. The number of rotatable bonds is 8. The molecule has 194 valence electrons. The second-order valence-corrected chi connectivity index (χ2v) is 9.95. The van der Waals surface area contributed by atoms with Gasteiger partial charge in [-0.2, -0.15) is 9.78 Å². The van der Waals surface area contributed by atoms with Crippen LogP contribution in [0.25, 0.3) is 33.9 Å². The van der Waals surface area contributed by atoms with Gasteiger partial charge in [-0.25, -0.2) is 13.6 Å². The summed E-state index contributed by atoms with van der Waals surface area (Å²) < 4.78 is 35.2. The molecule has 1 atom stereocenters. The van der Waals surface area contributed by atoms with Gasteiger partial charge in [-0.1, -0.05) is 53.7 Å². The molecule has 3 N–H and O–H groups in total. The molecule has 0 saturated carbocycles. The Hall–Kier alpha value is -4.46. The van der Waals surface area contributed by atoms with Crippen LogP contribution in [0.2, 0.25) is 0 Å². The molecule has 3 aromatic carbocycles. The molecule has 0 aliphatic rings. The van der Waals surface area contributed by atoms with E-state index in [0.717, 1.165) is 11.3 Å². The summed E-state index contributed by atoms with van der Waals surface area (Å²) in [4.78, 5) is 5.43. The Labute approximate surface area is 217 Å². The fourth-order valence-electron chi connectivity index (χ4n) is 3.86. The zero-order valence-corrected chi connectivity index (χ0v) is 21.2. The van der Waals surface area contributed by atoms with E-state index < -0.39 is 16.1 Å². The quantitative estimate of drug-likeness (QED) is 0.302. The molecule has 2 heterocycles. The molecule has 5 aromatic rings. The maximum atomic E-state index is 12.5. The maximum absolute atomic E-state index is 12.5. The van der Waals surface area contributed by atoms with Crippen LogP contribution in [0.1, 0.15) is 24.5 Å². The molecule has 0 aliphatic heterocycles. The molecular formula is C25H23N7O5S. The number of methoxy groups -OCH3 is 1. The standard InChI is InChI=1S/C25H23N7O5S/c1-15(33)25-27-23(30-37-25)18-10-8-17(9-11-18)20-4-3-5-21(38(26,34)35)22(20)24-28-31-32(29-24)14-16-6-12-19(36-2)13-7-16/h3-13,15,33H,14H2,1-2H3,(H2,26,34,35). The SMILES string of the molecule is COc1ccc(Cn2nnc(-c3c(-c4ccc(-c5noc(C(C)O)n5)cc4)cccc3S(N)(=O)=O)n2)cc1. The average Bonchev–Trinajstić information content (AvgIpc) is 3.59. The number of primary sulfonamides is 1. The van der Waals surface area contributed by atoms with Crippen molar-refractivity contribution in [3.8, 4) is 39.7 Å². The first-order chi connectivity index (χ1) is 18.2. The minimum absolute atomic E-state index is 0.107. The highest BCUT2D eigenvalue weighted by Gasteiger charge is 2.23. The molecule has 0 fully saturated rings. The first-order valence-corrected chi connectivity index (χ1v) is 13.0. The minimum atomic E-state index is -4.11. The first-order valence-electron chi connectivity index (χ1n) is 11.4. The van der Waals surface area contributed by atoms with Crippen molar-refractivity contribution in [1.29, 1.82) is 0 Å². The van der Waals surface area contributed by atoms with Gasteiger partial charge in [0.2, 0.25) is 21.7 Å². The molecular weight excluding hydrogens is 510 g/mol. The van der Waals surface area contributed by atoms with Crippen LogP contribution in [0.4, 0.5) is 0 Å². The van der Waals surface area contributed by atoms with Gasteiger partial charge in [-0.15, -0.1) is 10.2 Å². The molecule has 0 aliphatic carbocycles. The topological polar surface area (TPSA) is 172 Å². The third kappa shape index (κ3) is 5.16. The Bertz CT molecular complexity index is 1680. The van der Waals surface area contributed by atoms with Gasteiger partial charge in [0.05, 0.1) is 24.1 Å². The first kappa shape index (κ1) is 25.2. The molecule has 0 saturated heterocycles. The summed E-state index contributed by atoms with van der Waals surface area (Å²) in [7, 11) is -2.52. The van der Waals surface area contributed by atoms with Gasteiger partial charge in [0.15, 0.2) is 0 Å². The van der Waals surface area contributed by atoms with E-state index in [9.17, 15) is 13.5 Å². The van der Waals surface area contributed by atoms with Crippen LogP contribution in [0, 0.1) is 0 Å². The predicted molar refractivity (Wildman–Crippen MR) is 136 cm³/mol. The third-order valence-corrected chi connectivity index (χ3v) is 6.70. The molecule has 1 unspecified atom stereocenters. The van der Waals surface area contributed by atoms with Crippen LogP contribution >= 0.6 is 0 Å². The number of aromatic nitrogens is 6. The smallest absolute Gasteiger partial charge is 0.255 e. The van der Waals surface area contributed by atoms with Crippen molar-refractivity contribution < 1.29 is 22.8 Å². The Morgan fingerprint density at radius 3 is 2.37 bits per heavy atom. The summed E-state index contributed by atoms with van der Waals surface area (Å²) in [5, 5.41) is 31.8. The lowest BCUT2D eigenvalue weighted by Gasteiger charge is -2.11. The van der Waals surface area contributed by atoms with Crippen molar-refractivity contribution in [2.45, 2.75) is 24.5 Å². The highest BCUT2D eigenvalue weighted by atomic mass is 32.2. The molecule has 0 spiro atoms. The number of aliphatic hydroxyl groups excluding tert-OH is 1. The van der Waals surface area contributed by atoms with Crippen molar-refractivity contribution in [3.63, 3.8) is 0 Å². The van der Waals surface area contributed by atoms with Gasteiger partial charge in [0, 0.05) is 5.56 Å². The van der Waals surface area contributed by atoms with E-state index >= 15 is 0 Å². The van der Waals surface area contributed by atoms with Crippen LogP contribution < -0.4 is 9.88 Å². The monoisotopic (exact) mass is 533 g/mol. The third-order valence-electron chi connectivity index (χ3n) is 5.75. The van der Waals surface area contributed by atoms with E-state index in [-0.39, 0.29) is 22.2 Å². The lowest BCUT2D eigenvalue weighted by atomic mass is 9.98. The number of benzene rings is 3. The highest BCUT2D eigenvalue weighted by Crippen LogP contribution is 2.35. The lowest BCUT2D eigenvalue weighted by molar-refractivity contribution is 0.152. The van der Waals surface area contributed by atoms with Crippen molar-refractivity contribution in [3.05, 3.63) is 78.2 Å². The summed E-state index contributed by atoms with van der Waals surface area (Å²) in [5.74, 6) is 1.26. The second-order valence-electron chi connectivity index (χ2n) is 8.42. The molecule has 2 aromatic heterocycles. The molecule has 5 rings (SSSR count). The lowest BCUT2D eigenvalue weighted by Crippen LogP contribution is -2.14. The zero-order chi connectivity index (χ0) is 26.9. The van der Waals surface area contributed by atoms with Crippen LogP contribution in [-0.2, 0) is 16.6 Å². The summed E-state index contributed by atoms with van der Waals surface area (Å²) in [6.45, 7) is 1.85. The Balaban J connectivity index is 1.52. The van der Waals surface area contributed by atoms with Gasteiger partial charge in [0.25, 0.3) is 5.89 Å². The number of sulfonamides is 1. The Morgan fingerprint density at radius 2 is 1.74 bits per heavy atom. The van der Waals surface area contributed by atoms with E-state index in [4.69, 9.17) is 14.4 Å². The molecule has 0 radical (unpaired) electrons. The molecule has 38 heavy (non-hydrogen) atoms. The van der Waals surface area contributed by atoms with Crippen LogP contribution in [0.15, 0.2) is 76.1 Å². The molecule has 12 nitrogen and oxygen atoms in total. The van der Waals surface area contributed by atoms with Crippen molar-refractivity contribution >= 4 is 10.0 Å². The summed E-state index contributed by atoms with van der Waals surface area (Å²) in [6.07, 6.45) is -0.885. The average molecular weight is 534 g/mol. The van der Waals surface area contributed by atoms with Crippen LogP contribution in [-0.4, -0.2) is 51.0 Å². The van der Waals surface area contributed by atoms with E-state index in [1.54, 1.807) is 43.5 Å². The van der Waals surface area contributed by atoms with E-state index in [2.05, 4.69) is 25.6 Å². The van der Waals surface area contributed by atoms with Gasteiger partial charge >= 0.3 is 0 Å². The van der Waals surface area contributed by atoms with Crippen molar-refractivity contribution in [1.82, 2.24) is 30.3 Å². The normalized spacial score (nSPS) is 12.4. The number of nitrogens with two attached hydrogens (primary N) is 1. The molecule has 13 heteroatoms. The highest BCUT2D eigenvalue weighted by molar-refractivity contribution is 7.89. The number of hydrogen-bond acceptors (Lipinski definition) is 10. The predicted octanol–water partition coefficient (Wildman–Crippen LogP) is 2.81. The Morgan fingerprint density at radius 1 is 1.03 bits per heavy atom.